The number of fused-ring (bicyclic) bond motifs is 4. The van der Waals surface area contributed by atoms with Crippen LogP contribution in [0.15, 0.2) is 107 Å². The number of thioether (sulfide) groups is 1. The van der Waals surface area contributed by atoms with Crippen molar-refractivity contribution in [3.63, 3.8) is 0 Å². The first-order valence-electron chi connectivity index (χ1n) is 14.8. The zero-order valence-corrected chi connectivity index (χ0v) is 28.3. The van der Waals surface area contributed by atoms with Crippen LogP contribution in [0.4, 0.5) is 5.69 Å². The van der Waals surface area contributed by atoms with Crippen molar-refractivity contribution in [2.45, 2.75) is 31.2 Å². The van der Waals surface area contributed by atoms with Gasteiger partial charge in [-0.15, -0.1) is 0 Å². The van der Waals surface area contributed by atoms with Gasteiger partial charge in [0.2, 0.25) is 5.52 Å². The van der Waals surface area contributed by atoms with E-state index in [1.54, 1.807) is 23.1 Å². The minimum absolute atomic E-state index is 0.0721. The number of nitrogens with zero attached hydrogens (tertiary/aromatic N) is 2. The van der Waals surface area contributed by atoms with Crippen LogP contribution in [0.25, 0.3) is 38.2 Å². The quantitative estimate of drug-likeness (QED) is 0.0779. The fraction of sp³-hybridized carbons (Fsp3) is 0.206. The average Bonchev–Trinajstić information content (AvgIpc) is 3.57. The normalized spacial score (nSPS) is 15.2. The van der Waals surface area contributed by atoms with E-state index in [0.29, 0.717) is 13.1 Å². The summed E-state index contributed by atoms with van der Waals surface area (Å²) in [7, 11) is -4.09. The smallest absolute Gasteiger partial charge is 0.302 e. The molecule has 1 aliphatic heterocycles. The summed E-state index contributed by atoms with van der Waals surface area (Å²) < 4.78 is 61.3. The van der Waals surface area contributed by atoms with E-state index in [1.807, 2.05) is 30.3 Å². The molecule has 0 bridgehead atoms. The van der Waals surface area contributed by atoms with E-state index in [-0.39, 0.29) is 18.8 Å². The first-order valence-corrected chi connectivity index (χ1v) is 19.1. The number of hydrogen-bond acceptors (Lipinski definition) is 7. The summed E-state index contributed by atoms with van der Waals surface area (Å²) in [6.45, 7) is 2.98. The van der Waals surface area contributed by atoms with Gasteiger partial charge in [0.15, 0.2) is 6.54 Å². The summed E-state index contributed by atoms with van der Waals surface area (Å²) in [5.74, 6) is -0.317. The molecule has 2 heterocycles. The minimum atomic E-state index is -4.09. The lowest BCUT2D eigenvalue weighted by Gasteiger charge is -2.21. The van der Waals surface area contributed by atoms with Gasteiger partial charge in [-0.3, -0.25) is 13.3 Å². The van der Waals surface area contributed by atoms with Crippen LogP contribution >= 0.6 is 23.1 Å². The van der Waals surface area contributed by atoms with Crippen molar-refractivity contribution in [3.8, 4) is 11.1 Å². The van der Waals surface area contributed by atoms with Crippen molar-refractivity contribution < 1.29 is 30.5 Å². The molecule has 0 aliphatic carbocycles. The molecule has 4 aromatic carbocycles. The molecule has 1 aliphatic rings. The highest BCUT2D eigenvalue weighted by Crippen LogP contribution is 2.48. The van der Waals surface area contributed by atoms with Crippen LogP contribution in [-0.4, -0.2) is 40.6 Å². The molecule has 238 valence electrons. The highest BCUT2D eigenvalue weighted by Gasteiger charge is 2.27. The summed E-state index contributed by atoms with van der Waals surface area (Å²) in [5, 5.41) is 4.16. The molecule has 2 N–H and O–H groups in total. The van der Waals surface area contributed by atoms with Crippen LogP contribution in [0.3, 0.4) is 0 Å². The maximum absolute atomic E-state index is 11.6. The number of benzene rings is 4. The second-order valence-corrected chi connectivity index (χ2v) is 15.1. The summed E-state index contributed by atoms with van der Waals surface area (Å²) in [4.78, 5) is 3.21. The van der Waals surface area contributed by atoms with Crippen LogP contribution in [0.1, 0.15) is 24.8 Å². The Hall–Kier alpha value is -3.36. The SMILES string of the molecule is CCC(=Cc1sc2ccc3ccccc3c2[n+]1CCOS(=O)O)C=C1Sc2ccc(-c3ccccc3)cc2N1CCCS(=O)(=O)O. The van der Waals surface area contributed by atoms with Gasteiger partial charge in [-0.05, 0) is 65.3 Å². The zero-order valence-electron chi connectivity index (χ0n) is 25.0. The molecule has 8 nitrogen and oxygen atoms in total. The van der Waals surface area contributed by atoms with Crippen molar-refractivity contribution in [1.29, 1.82) is 0 Å². The standard InChI is InChI=1S/C34H32N2O6S4/c1-2-24(22-33-36(18-19-42-45(37)38)34-28-12-7-6-11-26(28)13-16-31(34)44-33)21-32-35(17-8-20-46(39,40)41)29-23-27(14-15-30(29)43-32)25-9-4-3-5-10-25/h3-7,9-16,21-23H,2,8,17-20H2,1H3,(H-,37,38,39,40,41)/p+1. The zero-order chi connectivity index (χ0) is 32.3. The Morgan fingerprint density at radius 3 is 2.57 bits per heavy atom. The molecule has 0 spiro atoms. The van der Waals surface area contributed by atoms with Gasteiger partial charge in [-0.25, -0.2) is 0 Å². The molecule has 1 unspecified atom stereocenters. The highest BCUT2D eigenvalue weighted by molar-refractivity contribution is 8.03. The average molecular weight is 694 g/mol. The molecule has 5 aromatic rings. The molecule has 46 heavy (non-hydrogen) atoms. The molecule has 0 saturated heterocycles. The fourth-order valence-electron chi connectivity index (χ4n) is 5.62. The maximum atomic E-state index is 11.6. The lowest BCUT2D eigenvalue weighted by atomic mass is 10.0. The van der Waals surface area contributed by atoms with E-state index in [9.17, 15) is 21.7 Å². The molecule has 0 radical (unpaired) electrons. The molecule has 0 fully saturated rings. The number of allylic oxidation sites excluding steroid dienone is 2. The van der Waals surface area contributed by atoms with Crippen molar-refractivity contribution in [1.82, 2.24) is 0 Å². The molecule has 1 atom stereocenters. The Morgan fingerprint density at radius 1 is 1.02 bits per heavy atom. The van der Waals surface area contributed by atoms with Gasteiger partial charge in [0, 0.05) is 17.5 Å². The van der Waals surface area contributed by atoms with E-state index >= 15 is 0 Å². The number of rotatable bonds is 12. The van der Waals surface area contributed by atoms with Gasteiger partial charge in [-0.2, -0.15) is 17.2 Å². The van der Waals surface area contributed by atoms with Crippen molar-refractivity contribution >= 4 is 77.3 Å². The van der Waals surface area contributed by atoms with Crippen LogP contribution in [-0.2, 0) is 32.2 Å². The Balaban J connectivity index is 1.41. The fourth-order valence-corrected chi connectivity index (χ4v) is 8.66. The Morgan fingerprint density at radius 2 is 1.80 bits per heavy atom. The summed E-state index contributed by atoms with van der Waals surface area (Å²) in [6, 6.07) is 28.8. The third kappa shape index (κ3) is 7.44. The van der Waals surface area contributed by atoms with Crippen LogP contribution < -0.4 is 9.47 Å². The lowest BCUT2D eigenvalue weighted by molar-refractivity contribution is -0.668. The Kier molecular flexibility index (Phi) is 10.0. The van der Waals surface area contributed by atoms with E-state index in [4.69, 9.17) is 4.18 Å². The Bertz CT molecular complexity index is 2090. The van der Waals surface area contributed by atoms with Crippen LogP contribution in [0, 0.1) is 0 Å². The van der Waals surface area contributed by atoms with Crippen molar-refractivity contribution in [2.24, 2.45) is 0 Å². The predicted octanol–water partition coefficient (Wildman–Crippen LogP) is 7.69. The first-order chi connectivity index (χ1) is 22.2. The summed E-state index contributed by atoms with van der Waals surface area (Å²) in [5.41, 5.74) is 5.27. The van der Waals surface area contributed by atoms with Crippen LogP contribution in [0.5, 0.6) is 0 Å². The van der Waals surface area contributed by atoms with Gasteiger partial charge in [-0.1, -0.05) is 90.7 Å². The van der Waals surface area contributed by atoms with Gasteiger partial charge in [0.1, 0.15) is 11.3 Å². The Labute approximate surface area is 279 Å². The van der Waals surface area contributed by atoms with Crippen LogP contribution in [0.2, 0.25) is 0 Å². The third-order valence-electron chi connectivity index (χ3n) is 7.76. The third-order valence-corrected chi connectivity index (χ3v) is 11.1. The van der Waals surface area contributed by atoms with Gasteiger partial charge < -0.3 is 4.90 Å². The molecular weight excluding hydrogens is 661 g/mol. The number of hydrogen-bond donors (Lipinski definition) is 2. The minimum Gasteiger partial charge on any atom is -0.335 e. The molecule has 12 heteroatoms. The molecule has 6 rings (SSSR count). The lowest BCUT2D eigenvalue weighted by Crippen LogP contribution is -2.37. The molecular formula is C34H33N2O6S4+. The van der Waals surface area contributed by atoms with E-state index in [1.165, 1.54) is 0 Å². The highest BCUT2D eigenvalue weighted by atomic mass is 32.2. The van der Waals surface area contributed by atoms with E-state index in [0.717, 1.165) is 64.7 Å². The maximum Gasteiger partial charge on any atom is 0.302 e. The second-order valence-electron chi connectivity index (χ2n) is 10.8. The first kappa shape index (κ1) is 32.6. The largest absolute Gasteiger partial charge is 0.335 e. The van der Waals surface area contributed by atoms with E-state index < -0.39 is 21.5 Å². The monoisotopic (exact) mass is 693 g/mol. The van der Waals surface area contributed by atoms with Crippen molar-refractivity contribution in [2.75, 3.05) is 23.8 Å². The molecule has 1 aromatic heterocycles. The number of aromatic nitrogens is 1. The second kappa shape index (κ2) is 14.2. The summed E-state index contributed by atoms with van der Waals surface area (Å²) in [6.07, 6.45) is 5.30. The summed E-state index contributed by atoms with van der Waals surface area (Å²) >= 11 is 0.937. The number of anilines is 1. The van der Waals surface area contributed by atoms with Gasteiger partial charge >= 0.3 is 11.4 Å². The molecule has 0 saturated carbocycles. The van der Waals surface area contributed by atoms with Crippen molar-refractivity contribution in [3.05, 3.63) is 107 Å². The topological polar surface area (TPSA) is 108 Å². The molecule has 0 amide bonds. The van der Waals surface area contributed by atoms with Gasteiger partial charge in [0.25, 0.3) is 15.1 Å². The van der Waals surface area contributed by atoms with E-state index in [2.05, 4.69) is 83.1 Å². The number of thiazole rings is 1. The van der Waals surface area contributed by atoms with Gasteiger partial charge in [0.05, 0.1) is 21.9 Å². The predicted molar refractivity (Wildman–Crippen MR) is 189 cm³/mol.